The van der Waals surface area contributed by atoms with E-state index in [1.807, 2.05) is 4.90 Å². The van der Waals surface area contributed by atoms with E-state index < -0.39 is 10.0 Å². The first-order valence-electron chi connectivity index (χ1n) is 6.87. The number of benzene rings is 1. The highest BCUT2D eigenvalue weighted by molar-refractivity contribution is 7.89. The fourth-order valence-electron chi connectivity index (χ4n) is 2.37. The quantitative estimate of drug-likeness (QED) is 0.921. The van der Waals surface area contributed by atoms with Crippen molar-refractivity contribution in [2.24, 2.45) is 0 Å². The smallest absolute Gasteiger partial charge is 0.253 e. The van der Waals surface area contributed by atoms with Crippen LogP contribution in [-0.4, -0.2) is 39.4 Å². The third-order valence-electron chi connectivity index (χ3n) is 3.55. The molecule has 110 valence electrons. The second kappa shape index (κ2) is 6.37. The summed E-state index contributed by atoms with van der Waals surface area (Å²) in [7, 11) is -2.15. The van der Waals surface area contributed by atoms with E-state index in [1.165, 1.54) is 19.2 Å². The third kappa shape index (κ3) is 3.37. The van der Waals surface area contributed by atoms with Crippen molar-refractivity contribution in [2.75, 3.05) is 20.1 Å². The normalized spacial score (nSPS) is 16.8. The molecule has 0 aliphatic carbocycles. The number of sulfonamides is 1. The average molecular weight is 296 g/mol. The average Bonchev–Trinajstić information content (AvgIpc) is 2.75. The predicted molar refractivity (Wildman–Crippen MR) is 77.1 cm³/mol. The molecule has 1 N–H and O–H groups in total. The number of carbonyl (C=O) groups is 1. The van der Waals surface area contributed by atoms with E-state index in [0.717, 1.165) is 38.8 Å². The zero-order valence-corrected chi connectivity index (χ0v) is 12.4. The highest BCUT2D eigenvalue weighted by atomic mass is 32.2. The van der Waals surface area contributed by atoms with Crippen LogP contribution in [0.5, 0.6) is 0 Å². The molecule has 1 aliphatic heterocycles. The number of carbonyl (C=O) groups excluding carboxylic acids is 1. The van der Waals surface area contributed by atoms with Gasteiger partial charge in [-0.3, -0.25) is 4.79 Å². The Balaban J connectivity index is 2.24. The number of rotatable bonds is 3. The lowest BCUT2D eigenvalue weighted by atomic mass is 10.2. The monoisotopic (exact) mass is 296 g/mol. The number of nitrogens with one attached hydrogen (secondary N) is 1. The lowest BCUT2D eigenvalue weighted by Crippen LogP contribution is -2.32. The molecule has 0 unspecified atom stereocenters. The highest BCUT2D eigenvalue weighted by Crippen LogP contribution is 2.16. The fraction of sp³-hybridized carbons (Fsp3) is 0.500. The molecule has 0 bridgehead atoms. The second-order valence-corrected chi connectivity index (χ2v) is 6.83. The van der Waals surface area contributed by atoms with Crippen LogP contribution in [-0.2, 0) is 10.0 Å². The van der Waals surface area contributed by atoms with Crippen LogP contribution in [0.1, 0.15) is 36.0 Å². The van der Waals surface area contributed by atoms with E-state index in [4.69, 9.17) is 0 Å². The molecule has 0 atom stereocenters. The molecule has 1 aromatic rings. The molecular weight excluding hydrogens is 276 g/mol. The van der Waals surface area contributed by atoms with Crippen molar-refractivity contribution < 1.29 is 13.2 Å². The predicted octanol–water partition coefficient (Wildman–Crippen LogP) is 1.61. The van der Waals surface area contributed by atoms with Crippen LogP contribution >= 0.6 is 0 Å². The van der Waals surface area contributed by atoms with Gasteiger partial charge in [-0.2, -0.15) is 0 Å². The largest absolute Gasteiger partial charge is 0.339 e. The molecule has 0 saturated carbocycles. The van der Waals surface area contributed by atoms with E-state index in [1.54, 1.807) is 12.1 Å². The first-order chi connectivity index (χ1) is 9.54. The summed E-state index contributed by atoms with van der Waals surface area (Å²) in [6, 6.07) is 6.21. The van der Waals surface area contributed by atoms with Gasteiger partial charge in [0.05, 0.1) is 4.90 Å². The molecule has 0 radical (unpaired) electrons. The van der Waals surface area contributed by atoms with E-state index >= 15 is 0 Å². The van der Waals surface area contributed by atoms with E-state index in [2.05, 4.69) is 4.72 Å². The highest BCUT2D eigenvalue weighted by Gasteiger charge is 2.19. The summed E-state index contributed by atoms with van der Waals surface area (Å²) < 4.78 is 25.8. The van der Waals surface area contributed by atoms with Crippen LogP contribution in [0.4, 0.5) is 0 Å². The summed E-state index contributed by atoms with van der Waals surface area (Å²) in [4.78, 5) is 14.4. The Bertz CT molecular complexity index is 576. The van der Waals surface area contributed by atoms with Crippen molar-refractivity contribution >= 4 is 15.9 Å². The Kier molecular flexibility index (Phi) is 4.77. The topological polar surface area (TPSA) is 66.5 Å². The Labute approximate surface area is 120 Å². The molecular formula is C14H20N2O3S. The minimum atomic E-state index is -3.51. The maximum atomic E-state index is 12.4. The fourth-order valence-corrected chi connectivity index (χ4v) is 3.15. The minimum Gasteiger partial charge on any atom is -0.339 e. The van der Waals surface area contributed by atoms with Crippen LogP contribution in [0.2, 0.25) is 0 Å². The molecule has 0 aromatic heterocycles. The van der Waals surface area contributed by atoms with Crippen LogP contribution in [0.15, 0.2) is 29.2 Å². The van der Waals surface area contributed by atoms with Crippen LogP contribution < -0.4 is 4.72 Å². The Morgan fingerprint density at radius 1 is 1.15 bits per heavy atom. The van der Waals surface area contributed by atoms with Crippen molar-refractivity contribution in [2.45, 2.75) is 30.6 Å². The van der Waals surface area contributed by atoms with Gasteiger partial charge in [0.1, 0.15) is 0 Å². The number of amides is 1. The molecule has 1 fully saturated rings. The molecule has 1 heterocycles. The summed E-state index contributed by atoms with van der Waals surface area (Å²) in [5.74, 6) is -0.0833. The van der Waals surface area contributed by atoms with Gasteiger partial charge in [-0.25, -0.2) is 13.1 Å². The summed E-state index contributed by atoms with van der Waals surface area (Å²) in [5, 5.41) is 0. The Morgan fingerprint density at radius 3 is 2.40 bits per heavy atom. The van der Waals surface area contributed by atoms with E-state index in [0.29, 0.717) is 5.56 Å². The summed E-state index contributed by atoms with van der Waals surface area (Å²) >= 11 is 0. The van der Waals surface area contributed by atoms with Gasteiger partial charge in [0.15, 0.2) is 0 Å². The molecule has 6 heteroatoms. The van der Waals surface area contributed by atoms with Gasteiger partial charge in [0.25, 0.3) is 5.91 Å². The molecule has 1 amide bonds. The molecule has 20 heavy (non-hydrogen) atoms. The van der Waals surface area contributed by atoms with Crippen LogP contribution in [0, 0.1) is 0 Å². The number of hydrogen-bond acceptors (Lipinski definition) is 3. The van der Waals surface area contributed by atoms with Gasteiger partial charge >= 0.3 is 0 Å². The molecule has 5 nitrogen and oxygen atoms in total. The summed E-state index contributed by atoms with van der Waals surface area (Å²) in [5.41, 5.74) is 0.434. The zero-order chi connectivity index (χ0) is 14.6. The second-order valence-electron chi connectivity index (χ2n) is 4.94. The van der Waals surface area contributed by atoms with Crippen LogP contribution in [0.25, 0.3) is 0 Å². The van der Waals surface area contributed by atoms with Crippen molar-refractivity contribution in [3.63, 3.8) is 0 Å². The molecule has 1 saturated heterocycles. The van der Waals surface area contributed by atoms with Gasteiger partial charge in [0, 0.05) is 18.7 Å². The van der Waals surface area contributed by atoms with Gasteiger partial charge in [-0.1, -0.05) is 18.9 Å². The lowest BCUT2D eigenvalue weighted by Gasteiger charge is -2.20. The molecule has 1 aliphatic rings. The van der Waals surface area contributed by atoms with E-state index in [-0.39, 0.29) is 10.8 Å². The van der Waals surface area contributed by atoms with Gasteiger partial charge in [-0.05, 0) is 38.1 Å². The summed E-state index contributed by atoms with van der Waals surface area (Å²) in [6.45, 7) is 1.50. The van der Waals surface area contributed by atoms with Gasteiger partial charge < -0.3 is 4.90 Å². The lowest BCUT2D eigenvalue weighted by molar-refractivity contribution is 0.0761. The molecule has 1 aromatic carbocycles. The maximum Gasteiger partial charge on any atom is 0.253 e. The summed E-state index contributed by atoms with van der Waals surface area (Å²) in [6.07, 6.45) is 4.33. The number of likely N-dealkylation sites (tertiary alicyclic amines) is 1. The molecule has 0 spiro atoms. The first kappa shape index (κ1) is 15.0. The SMILES string of the molecule is CNS(=O)(=O)c1cccc(C(=O)N2CCCCCC2)c1. The number of hydrogen-bond donors (Lipinski definition) is 1. The van der Waals surface area contributed by atoms with Crippen LogP contribution in [0.3, 0.4) is 0 Å². The van der Waals surface area contributed by atoms with Gasteiger partial charge in [0.2, 0.25) is 10.0 Å². The van der Waals surface area contributed by atoms with Crippen molar-refractivity contribution in [1.29, 1.82) is 0 Å². The Morgan fingerprint density at radius 2 is 1.80 bits per heavy atom. The maximum absolute atomic E-state index is 12.4. The molecule has 2 rings (SSSR count). The zero-order valence-electron chi connectivity index (χ0n) is 11.6. The van der Waals surface area contributed by atoms with Crippen molar-refractivity contribution in [3.05, 3.63) is 29.8 Å². The van der Waals surface area contributed by atoms with Crippen molar-refractivity contribution in [1.82, 2.24) is 9.62 Å². The minimum absolute atomic E-state index is 0.0833. The Hall–Kier alpha value is -1.40. The third-order valence-corrected chi connectivity index (χ3v) is 4.97. The van der Waals surface area contributed by atoms with E-state index in [9.17, 15) is 13.2 Å². The first-order valence-corrected chi connectivity index (χ1v) is 8.36. The van der Waals surface area contributed by atoms with Gasteiger partial charge in [-0.15, -0.1) is 0 Å². The number of nitrogens with zero attached hydrogens (tertiary/aromatic N) is 1. The standard InChI is InChI=1S/C14H20N2O3S/c1-15-20(18,19)13-8-6-7-12(11-13)14(17)16-9-4-2-3-5-10-16/h6-8,11,15H,2-5,9-10H2,1H3. The van der Waals surface area contributed by atoms with Crippen molar-refractivity contribution in [3.8, 4) is 0 Å².